The Balaban J connectivity index is 1.36. The van der Waals surface area contributed by atoms with E-state index in [1.54, 1.807) is 18.3 Å². The van der Waals surface area contributed by atoms with E-state index in [0.717, 1.165) is 35.4 Å². The highest BCUT2D eigenvalue weighted by molar-refractivity contribution is 5.92. The van der Waals surface area contributed by atoms with E-state index in [0.29, 0.717) is 25.4 Å². The Kier molecular flexibility index (Phi) is 6.35. The molecule has 6 heteroatoms. The SMILES string of the molecule is O=C(NCCCc1nc2ccccc2n1CCOc1ccccc1)c1ccccn1. The zero-order valence-corrected chi connectivity index (χ0v) is 16.7. The molecule has 0 bridgehead atoms. The Bertz CT molecular complexity index is 1090. The summed E-state index contributed by atoms with van der Waals surface area (Å²) in [5.41, 5.74) is 2.51. The topological polar surface area (TPSA) is 69.0 Å². The van der Waals surface area contributed by atoms with Crippen LogP contribution in [0.2, 0.25) is 0 Å². The summed E-state index contributed by atoms with van der Waals surface area (Å²) < 4.78 is 8.08. The summed E-state index contributed by atoms with van der Waals surface area (Å²) in [5.74, 6) is 1.71. The number of aromatic nitrogens is 3. The van der Waals surface area contributed by atoms with Crippen LogP contribution in [-0.4, -0.2) is 33.6 Å². The van der Waals surface area contributed by atoms with Crippen molar-refractivity contribution >= 4 is 16.9 Å². The van der Waals surface area contributed by atoms with Gasteiger partial charge in [-0.15, -0.1) is 0 Å². The lowest BCUT2D eigenvalue weighted by molar-refractivity contribution is 0.0948. The fourth-order valence-electron chi connectivity index (χ4n) is 3.37. The molecule has 0 spiro atoms. The summed E-state index contributed by atoms with van der Waals surface area (Å²) in [5, 5.41) is 2.92. The standard InChI is InChI=1S/C24H24N4O2/c29-24(21-12-6-7-15-25-21)26-16-8-14-23-27-20-11-4-5-13-22(20)28(23)17-18-30-19-9-2-1-3-10-19/h1-7,9-13,15H,8,14,16-18H2,(H,26,29). The normalized spacial score (nSPS) is 10.8. The molecule has 1 N–H and O–H groups in total. The summed E-state index contributed by atoms with van der Waals surface area (Å²) in [6.07, 6.45) is 3.18. The van der Waals surface area contributed by atoms with E-state index in [1.807, 2.05) is 54.6 Å². The van der Waals surface area contributed by atoms with E-state index in [1.165, 1.54) is 0 Å². The van der Waals surface area contributed by atoms with Crippen molar-refractivity contribution in [2.45, 2.75) is 19.4 Å². The van der Waals surface area contributed by atoms with Crippen LogP contribution in [0.5, 0.6) is 5.75 Å². The molecule has 0 saturated carbocycles. The van der Waals surface area contributed by atoms with E-state index < -0.39 is 0 Å². The second-order valence-corrected chi connectivity index (χ2v) is 6.90. The minimum Gasteiger partial charge on any atom is -0.492 e. The fraction of sp³-hybridized carbons (Fsp3) is 0.208. The Hall–Kier alpha value is -3.67. The number of benzene rings is 2. The molecule has 0 aliphatic carbocycles. The molecule has 1 amide bonds. The van der Waals surface area contributed by atoms with Gasteiger partial charge in [0.25, 0.3) is 5.91 Å². The molecule has 0 aliphatic heterocycles. The lowest BCUT2D eigenvalue weighted by Crippen LogP contribution is -2.25. The summed E-state index contributed by atoms with van der Waals surface area (Å²) in [6, 6.07) is 23.3. The molecular weight excluding hydrogens is 376 g/mol. The molecule has 6 nitrogen and oxygen atoms in total. The number of hydrogen-bond donors (Lipinski definition) is 1. The van der Waals surface area contributed by atoms with Crippen LogP contribution in [0.25, 0.3) is 11.0 Å². The van der Waals surface area contributed by atoms with E-state index in [-0.39, 0.29) is 5.91 Å². The lowest BCUT2D eigenvalue weighted by Gasteiger charge is -2.11. The van der Waals surface area contributed by atoms with Gasteiger partial charge in [-0.2, -0.15) is 0 Å². The van der Waals surface area contributed by atoms with E-state index in [2.05, 4.69) is 20.9 Å². The Morgan fingerprint density at radius 3 is 2.60 bits per heavy atom. The zero-order chi connectivity index (χ0) is 20.6. The molecular formula is C24H24N4O2. The van der Waals surface area contributed by atoms with Gasteiger partial charge in [0.1, 0.15) is 23.9 Å². The molecule has 0 saturated heterocycles. The third kappa shape index (κ3) is 4.84. The third-order valence-corrected chi connectivity index (χ3v) is 4.82. The number of nitrogens with one attached hydrogen (secondary N) is 1. The lowest BCUT2D eigenvalue weighted by atomic mass is 10.2. The summed E-state index contributed by atoms with van der Waals surface area (Å²) in [7, 11) is 0. The van der Waals surface area contributed by atoms with Crippen molar-refractivity contribution < 1.29 is 9.53 Å². The fourth-order valence-corrected chi connectivity index (χ4v) is 3.37. The van der Waals surface area contributed by atoms with Crippen molar-refractivity contribution in [1.82, 2.24) is 19.9 Å². The first-order valence-electron chi connectivity index (χ1n) is 10.1. The molecule has 4 aromatic rings. The number of rotatable bonds is 9. The molecule has 0 atom stereocenters. The highest BCUT2D eigenvalue weighted by Crippen LogP contribution is 2.17. The third-order valence-electron chi connectivity index (χ3n) is 4.82. The highest BCUT2D eigenvalue weighted by atomic mass is 16.5. The first kappa shape index (κ1) is 19.6. The van der Waals surface area contributed by atoms with Crippen molar-refractivity contribution in [2.24, 2.45) is 0 Å². The van der Waals surface area contributed by atoms with Gasteiger partial charge >= 0.3 is 0 Å². The van der Waals surface area contributed by atoms with Crippen molar-refractivity contribution in [1.29, 1.82) is 0 Å². The van der Waals surface area contributed by atoms with Gasteiger partial charge in [0.2, 0.25) is 0 Å². The van der Waals surface area contributed by atoms with Gasteiger partial charge in [-0.05, 0) is 42.8 Å². The Morgan fingerprint density at radius 1 is 0.967 bits per heavy atom. The van der Waals surface area contributed by atoms with Gasteiger partial charge in [-0.25, -0.2) is 4.98 Å². The summed E-state index contributed by atoms with van der Waals surface area (Å²) in [6.45, 7) is 1.85. The minimum absolute atomic E-state index is 0.152. The maximum atomic E-state index is 12.1. The van der Waals surface area contributed by atoms with Gasteiger partial charge in [0.05, 0.1) is 17.6 Å². The number of hydrogen-bond acceptors (Lipinski definition) is 4. The number of nitrogens with zero attached hydrogens (tertiary/aromatic N) is 3. The second-order valence-electron chi connectivity index (χ2n) is 6.90. The molecule has 2 aromatic carbocycles. The van der Waals surface area contributed by atoms with Gasteiger partial charge in [0, 0.05) is 19.2 Å². The van der Waals surface area contributed by atoms with Crippen molar-refractivity contribution in [3.8, 4) is 5.75 Å². The number of fused-ring (bicyclic) bond motifs is 1. The second kappa shape index (κ2) is 9.69. The van der Waals surface area contributed by atoms with Crippen LogP contribution in [0.3, 0.4) is 0 Å². The van der Waals surface area contributed by atoms with Crippen molar-refractivity contribution in [3.63, 3.8) is 0 Å². The molecule has 0 unspecified atom stereocenters. The van der Waals surface area contributed by atoms with Crippen molar-refractivity contribution in [3.05, 3.63) is 90.5 Å². The maximum Gasteiger partial charge on any atom is 0.269 e. The smallest absolute Gasteiger partial charge is 0.269 e. The largest absolute Gasteiger partial charge is 0.492 e. The average molecular weight is 400 g/mol. The number of ether oxygens (including phenoxy) is 1. The first-order valence-corrected chi connectivity index (χ1v) is 10.1. The average Bonchev–Trinajstić information content (AvgIpc) is 3.15. The van der Waals surface area contributed by atoms with E-state index in [9.17, 15) is 4.79 Å². The van der Waals surface area contributed by atoms with Crippen molar-refractivity contribution in [2.75, 3.05) is 13.2 Å². The number of imidazole rings is 1. The maximum absolute atomic E-state index is 12.1. The number of aryl methyl sites for hydroxylation is 1. The number of carbonyl (C=O) groups is 1. The van der Waals surface area contributed by atoms with Crippen LogP contribution in [0.4, 0.5) is 0 Å². The van der Waals surface area contributed by atoms with E-state index in [4.69, 9.17) is 9.72 Å². The summed E-state index contributed by atoms with van der Waals surface area (Å²) >= 11 is 0. The van der Waals surface area contributed by atoms with Gasteiger partial charge < -0.3 is 14.6 Å². The molecule has 30 heavy (non-hydrogen) atoms. The summed E-state index contributed by atoms with van der Waals surface area (Å²) in [4.78, 5) is 21.0. The molecule has 0 aliphatic rings. The van der Waals surface area contributed by atoms with Crippen LogP contribution >= 0.6 is 0 Å². The van der Waals surface area contributed by atoms with Crippen LogP contribution in [0, 0.1) is 0 Å². The molecule has 152 valence electrons. The number of amides is 1. The van der Waals surface area contributed by atoms with Crippen LogP contribution in [0.15, 0.2) is 79.0 Å². The molecule has 2 heterocycles. The Morgan fingerprint density at radius 2 is 1.77 bits per heavy atom. The van der Waals surface area contributed by atoms with Gasteiger partial charge in [-0.1, -0.05) is 36.4 Å². The monoisotopic (exact) mass is 400 g/mol. The zero-order valence-electron chi connectivity index (χ0n) is 16.7. The quantitative estimate of drug-likeness (QED) is 0.433. The predicted molar refractivity (Wildman–Crippen MR) is 117 cm³/mol. The number of pyridine rings is 1. The van der Waals surface area contributed by atoms with Crippen LogP contribution in [-0.2, 0) is 13.0 Å². The van der Waals surface area contributed by atoms with Crippen LogP contribution < -0.4 is 10.1 Å². The molecule has 4 rings (SSSR count). The predicted octanol–water partition coefficient (Wildman–Crippen LogP) is 3.87. The molecule has 0 radical (unpaired) electrons. The minimum atomic E-state index is -0.152. The number of para-hydroxylation sites is 3. The highest BCUT2D eigenvalue weighted by Gasteiger charge is 2.11. The van der Waals surface area contributed by atoms with Gasteiger partial charge in [-0.3, -0.25) is 9.78 Å². The van der Waals surface area contributed by atoms with Gasteiger partial charge in [0.15, 0.2) is 0 Å². The first-order chi connectivity index (χ1) is 14.8. The molecule has 2 aromatic heterocycles. The Labute approximate surface area is 175 Å². The van der Waals surface area contributed by atoms with Crippen LogP contribution in [0.1, 0.15) is 22.7 Å². The molecule has 0 fully saturated rings. The number of carbonyl (C=O) groups excluding carboxylic acids is 1. The van der Waals surface area contributed by atoms with E-state index >= 15 is 0 Å².